The van der Waals surface area contributed by atoms with E-state index in [-0.39, 0.29) is 0 Å². The Kier molecular flexibility index (Phi) is 1.13. The van der Waals surface area contributed by atoms with E-state index in [1.165, 1.54) is 16.8 Å². The van der Waals surface area contributed by atoms with Gasteiger partial charge in [-0.2, -0.15) is 5.10 Å². The fourth-order valence-electron chi connectivity index (χ4n) is 1.32. The van der Waals surface area contributed by atoms with Gasteiger partial charge in [0.25, 0.3) is 0 Å². The van der Waals surface area contributed by atoms with Gasteiger partial charge in [0.2, 0.25) is 0 Å². The van der Waals surface area contributed by atoms with Crippen LogP contribution in [0, 0.1) is 0 Å². The zero-order valence-corrected chi connectivity index (χ0v) is 6.02. The van der Waals surface area contributed by atoms with Gasteiger partial charge in [-0.1, -0.05) is 11.6 Å². The lowest BCUT2D eigenvalue weighted by atomic mass is 9.99. The SMILES string of the molecule is CC1=CCc2[nH]ncc2C1. The Labute approximate surface area is 60.0 Å². The normalized spacial score (nSPS) is 16.3. The first kappa shape index (κ1) is 5.71. The maximum atomic E-state index is 3.98. The van der Waals surface area contributed by atoms with Crippen molar-refractivity contribution in [2.45, 2.75) is 19.8 Å². The van der Waals surface area contributed by atoms with E-state index in [0.717, 1.165) is 12.8 Å². The van der Waals surface area contributed by atoms with E-state index in [0.29, 0.717) is 0 Å². The molecule has 0 aromatic carbocycles. The highest BCUT2D eigenvalue weighted by Gasteiger charge is 2.08. The monoisotopic (exact) mass is 134 g/mol. The van der Waals surface area contributed by atoms with Crippen molar-refractivity contribution < 1.29 is 0 Å². The van der Waals surface area contributed by atoms with E-state index < -0.39 is 0 Å². The molecule has 2 nitrogen and oxygen atoms in total. The van der Waals surface area contributed by atoms with Crippen LogP contribution in [0.2, 0.25) is 0 Å². The van der Waals surface area contributed by atoms with Crippen LogP contribution >= 0.6 is 0 Å². The molecule has 0 saturated carbocycles. The predicted molar refractivity (Wildman–Crippen MR) is 39.8 cm³/mol. The zero-order chi connectivity index (χ0) is 6.97. The van der Waals surface area contributed by atoms with Crippen molar-refractivity contribution in [2.75, 3.05) is 0 Å². The van der Waals surface area contributed by atoms with Gasteiger partial charge < -0.3 is 0 Å². The number of nitrogens with one attached hydrogen (secondary N) is 1. The Morgan fingerprint density at radius 3 is 3.40 bits per heavy atom. The molecule has 0 bridgehead atoms. The minimum atomic E-state index is 1.03. The molecule has 1 N–H and O–H groups in total. The van der Waals surface area contributed by atoms with Gasteiger partial charge in [0.15, 0.2) is 0 Å². The molecular formula is C8H10N2. The van der Waals surface area contributed by atoms with Crippen LogP contribution in [0.3, 0.4) is 0 Å². The van der Waals surface area contributed by atoms with Crippen LogP contribution in [0.25, 0.3) is 0 Å². The number of fused-ring (bicyclic) bond motifs is 1. The van der Waals surface area contributed by atoms with Gasteiger partial charge in [-0.15, -0.1) is 0 Å². The van der Waals surface area contributed by atoms with Crippen molar-refractivity contribution in [2.24, 2.45) is 0 Å². The molecule has 10 heavy (non-hydrogen) atoms. The van der Waals surface area contributed by atoms with Crippen LogP contribution in [-0.4, -0.2) is 10.2 Å². The van der Waals surface area contributed by atoms with Crippen LogP contribution < -0.4 is 0 Å². The lowest BCUT2D eigenvalue weighted by Crippen LogP contribution is -1.98. The third-order valence-electron chi connectivity index (χ3n) is 1.93. The van der Waals surface area contributed by atoms with Crippen LogP contribution in [0.4, 0.5) is 0 Å². The maximum Gasteiger partial charge on any atom is 0.0525 e. The van der Waals surface area contributed by atoms with Gasteiger partial charge in [-0.25, -0.2) is 0 Å². The summed E-state index contributed by atoms with van der Waals surface area (Å²) >= 11 is 0. The number of nitrogens with zero attached hydrogens (tertiary/aromatic N) is 1. The van der Waals surface area contributed by atoms with Crippen molar-refractivity contribution in [1.29, 1.82) is 0 Å². The van der Waals surface area contributed by atoms with E-state index in [1.807, 2.05) is 6.20 Å². The molecule has 1 aliphatic rings. The smallest absolute Gasteiger partial charge is 0.0525 e. The Hall–Kier alpha value is -1.05. The van der Waals surface area contributed by atoms with Gasteiger partial charge in [0, 0.05) is 12.1 Å². The molecular weight excluding hydrogens is 124 g/mol. The fraction of sp³-hybridized carbons (Fsp3) is 0.375. The molecule has 1 aromatic heterocycles. The predicted octanol–water partition coefficient (Wildman–Crippen LogP) is 1.45. The standard InChI is InChI=1S/C8H10N2/c1-6-2-3-8-7(4-6)5-9-10-8/h2,5H,3-4H2,1H3,(H,9,10). The largest absolute Gasteiger partial charge is 0.282 e. The lowest BCUT2D eigenvalue weighted by Gasteiger charge is -2.07. The van der Waals surface area contributed by atoms with E-state index in [2.05, 4.69) is 23.2 Å². The molecule has 0 fully saturated rings. The van der Waals surface area contributed by atoms with Crippen molar-refractivity contribution in [1.82, 2.24) is 10.2 Å². The first-order valence-electron chi connectivity index (χ1n) is 3.53. The van der Waals surface area contributed by atoms with Crippen molar-refractivity contribution in [3.8, 4) is 0 Å². The number of rotatable bonds is 0. The summed E-state index contributed by atoms with van der Waals surface area (Å²) in [7, 11) is 0. The van der Waals surface area contributed by atoms with Crippen LogP contribution in [0.1, 0.15) is 18.2 Å². The van der Waals surface area contributed by atoms with Crippen molar-refractivity contribution in [3.63, 3.8) is 0 Å². The Morgan fingerprint density at radius 1 is 1.60 bits per heavy atom. The molecule has 0 spiro atoms. The molecule has 0 radical (unpaired) electrons. The van der Waals surface area contributed by atoms with Crippen LogP contribution in [0.15, 0.2) is 17.8 Å². The van der Waals surface area contributed by atoms with Crippen molar-refractivity contribution >= 4 is 0 Å². The number of allylic oxidation sites excluding steroid dienone is 2. The minimum absolute atomic E-state index is 1.03. The first-order chi connectivity index (χ1) is 4.86. The molecule has 0 unspecified atom stereocenters. The molecule has 2 heteroatoms. The molecule has 2 rings (SSSR count). The number of aromatic nitrogens is 2. The highest BCUT2D eigenvalue weighted by molar-refractivity contribution is 5.29. The second-order valence-electron chi connectivity index (χ2n) is 2.81. The molecule has 0 amide bonds. The highest BCUT2D eigenvalue weighted by atomic mass is 15.1. The summed E-state index contributed by atoms with van der Waals surface area (Å²) in [6, 6.07) is 0. The van der Waals surface area contributed by atoms with Crippen molar-refractivity contribution in [3.05, 3.63) is 29.1 Å². The second-order valence-corrected chi connectivity index (χ2v) is 2.81. The Balaban J connectivity index is 2.39. The van der Waals surface area contributed by atoms with E-state index in [4.69, 9.17) is 0 Å². The summed E-state index contributed by atoms with van der Waals surface area (Å²) in [6.45, 7) is 2.16. The molecule has 1 aromatic rings. The first-order valence-corrected chi connectivity index (χ1v) is 3.53. The number of H-pyrrole nitrogens is 1. The number of aromatic amines is 1. The summed E-state index contributed by atoms with van der Waals surface area (Å²) in [5, 5.41) is 6.96. The van der Waals surface area contributed by atoms with E-state index >= 15 is 0 Å². The minimum Gasteiger partial charge on any atom is -0.282 e. The summed E-state index contributed by atoms with van der Waals surface area (Å²) in [6.07, 6.45) is 6.28. The van der Waals surface area contributed by atoms with Gasteiger partial charge in [0.1, 0.15) is 0 Å². The highest BCUT2D eigenvalue weighted by Crippen LogP contribution is 2.17. The molecule has 52 valence electrons. The molecule has 0 aliphatic heterocycles. The van der Waals surface area contributed by atoms with Gasteiger partial charge in [-0.05, 0) is 18.9 Å². The zero-order valence-electron chi connectivity index (χ0n) is 6.02. The third kappa shape index (κ3) is 0.764. The lowest BCUT2D eigenvalue weighted by molar-refractivity contribution is 0.961. The molecule has 0 atom stereocenters. The summed E-state index contributed by atoms with van der Waals surface area (Å²) < 4.78 is 0. The Bertz CT molecular complexity index is 271. The van der Waals surface area contributed by atoms with E-state index in [9.17, 15) is 0 Å². The third-order valence-corrected chi connectivity index (χ3v) is 1.93. The average molecular weight is 134 g/mol. The van der Waals surface area contributed by atoms with E-state index in [1.54, 1.807) is 0 Å². The summed E-state index contributed by atoms with van der Waals surface area (Å²) in [5.74, 6) is 0. The molecule has 1 aliphatic carbocycles. The molecule has 0 saturated heterocycles. The van der Waals surface area contributed by atoms with Crippen LogP contribution in [0.5, 0.6) is 0 Å². The number of hydrogen-bond donors (Lipinski definition) is 1. The quantitative estimate of drug-likeness (QED) is 0.534. The maximum absolute atomic E-state index is 3.98. The number of hydrogen-bond acceptors (Lipinski definition) is 1. The Morgan fingerprint density at radius 2 is 2.50 bits per heavy atom. The second kappa shape index (κ2) is 1.97. The van der Waals surface area contributed by atoms with Gasteiger partial charge >= 0.3 is 0 Å². The van der Waals surface area contributed by atoms with Crippen LogP contribution in [-0.2, 0) is 12.8 Å². The van der Waals surface area contributed by atoms with Gasteiger partial charge in [-0.3, -0.25) is 5.10 Å². The average Bonchev–Trinajstić information content (AvgIpc) is 2.33. The summed E-state index contributed by atoms with van der Waals surface area (Å²) in [4.78, 5) is 0. The summed E-state index contributed by atoms with van der Waals surface area (Å²) in [5.41, 5.74) is 4.10. The topological polar surface area (TPSA) is 28.7 Å². The molecule has 1 heterocycles. The fourth-order valence-corrected chi connectivity index (χ4v) is 1.32. The van der Waals surface area contributed by atoms with Gasteiger partial charge in [0.05, 0.1) is 6.20 Å².